The van der Waals surface area contributed by atoms with Crippen molar-refractivity contribution in [3.8, 4) is 0 Å². The van der Waals surface area contributed by atoms with Gasteiger partial charge in [0, 0.05) is 11.6 Å². The van der Waals surface area contributed by atoms with E-state index >= 15 is 0 Å². The molecule has 0 amide bonds. The van der Waals surface area contributed by atoms with Crippen LogP contribution in [0.2, 0.25) is 0 Å². The number of hydrogen-bond acceptors (Lipinski definition) is 1. The van der Waals surface area contributed by atoms with E-state index in [0.717, 1.165) is 24.2 Å². The first kappa shape index (κ1) is 14.3. The molecule has 0 radical (unpaired) electrons. The standard InChI is InChI=1S/C15H17BrClFN2/c1-9(17)14-19-12-8-11(18)10(16)7-13(12)20(14)15(2)5-3-4-6-15/h7-9H,3-6H2,1-2H3. The predicted molar refractivity (Wildman–Crippen MR) is 83.8 cm³/mol. The van der Waals surface area contributed by atoms with E-state index in [4.69, 9.17) is 11.6 Å². The van der Waals surface area contributed by atoms with E-state index in [1.807, 2.05) is 13.0 Å². The molecule has 3 rings (SSSR count). The van der Waals surface area contributed by atoms with E-state index in [2.05, 4.69) is 32.4 Å². The number of imidazole rings is 1. The number of benzene rings is 1. The second-order valence-corrected chi connectivity index (χ2v) is 7.39. The Bertz CT molecular complexity index is 659. The van der Waals surface area contributed by atoms with Gasteiger partial charge in [-0.1, -0.05) is 12.8 Å². The molecule has 0 aliphatic heterocycles. The highest BCUT2D eigenvalue weighted by atomic mass is 79.9. The molecule has 5 heteroatoms. The Morgan fingerprint density at radius 1 is 1.40 bits per heavy atom. The number of alkyl halides is 1. The zero-order chi connectivity index (χ0) is 14.5. The van der Waals surface area contributed by atoms with Crippen LogP contribution in [-0.2, 0) is 5.54 Å². The Balaban J connectivity index is 2.31. The van der Waals surface area contributed by atoms with Crippen LogP contribution in [0, 0.1) is 5.82 Å². The fourth-order valence-electron chi connectivity index (χ4n) is 3.29. The maximum Gasteiger partial charge on any atom is 0.139 e. The first-order valence-corrected chi connectivity index (χ1v) is 8.17. The maximum atomic E-state index is 13.7. The molecule has 0 saturated heterocycles. The summed E-state index contributed by atoms with van der Waals surface area (Å²) in [4.78, 5) is 4.57. The van der Waals surface area contributed by atoms with E-state index in [9.17, 15) is 4.39 Å². The molecule has 108 valence electrons. The van der Waals surface area contributed by atoms with Gasteiger partial charge in [0.2, 0.25) is 0 Å². The topological polar surface area (TPSA) is 17.8 Å². The van der Waals surface area contributed by atoms with Crippen LogP contribution in [-0.4, -0.2) is 9.55 Å². The Labute approximate surface area is 131 Å². The van der Waals surface area contributed by atoms with Crippen molar-refractivity contribution in [2.75, 3.05) is 0 Å². The Morgan fingerprint density at radius 3 is 2.65 bits per heavy atom. The summed E-state index contributed by atoms with van der Waals surface area (Å²) in [6.45, 7) is 4.17. The van der Waals surface area contributed by atoms with Crippen molar-refractivity contribution in [1.29, 1.82) is 0 Å². The summed E-state index contributed by atoms with van der Waals surface area (Å²) < 4.78 is 16.4. The summed E-state index contributed by atoms with van der Waals surface area (Å²) in [5, 5.41) is -0.193. The van der Waals surface area contributed by atoms with Crippen LogP contribution in [0.1, 0.15) is 50.7 Å². The zero-order valence-corrected chi connectivity index (χ0v) is 13.9. The van der Waals surface area contributed by atoms with Crippen molar-refractivity contribution in [3.05, 3.63) is 28.2 Å². The molecule has 0 N–H and O–H groups in total. The lowest BCUT2D eigenvalue weighted by Crippen LogP contribution is -2.28. The van der Waals surface area contributed by atoms with Crippen molar-refractivity contribution in [2.24, 2.45) is 0 Å². The van der Waals surface area contributed by atoms with Gasteiger partial charge in [0.1, 0.15) is 11.6 Å². The summed E-state index contributed by atoms with van der Waals surface area (Å²) in [7, 11) is 0. The van der Waals surface area contributed by atoms with Crippen molar-refractivity contribution in [2.45, 2.75) is 50.4 Å². The third kappa shape index (κ3) is 2.17. The van der Waals surface area contributed by atoms with Crippen LogP contribution in [0.5, 0.6) is 0 Å². The second kappa shape index (κ2) is 4.99. The number of rotatable bonds is 2. The Hall–Kier alpha value is -0.610. The van der Waals surface area contributed by atoms with Crippen molar-refractivity contribution >= 4 is 38.6 Å². The van der Waals surface area contributed by atoms with Crippen molar-refractivity contribution in [3.63, 3.8) is 0 Å². The van der Waals surface area contributed by atoms with Gasteiger partial charge in [-0.15, -0.1) is 11.6 Å². The molecule has 1 aliphatic carbocycles. The lowest BCUT2D eigenvalue weighted by Gasteiger charge is -2.29. The van der Waals surface area contributed by atoms with Crippen LogP contribution in [0.25, 0.3) is 11.0 Å². The van der Waals surface area contributed by atoms with E-state index in [1.54, 1.807) is 0 Å². The average molecular weight is 360 g/mol. The molecule has 1 atom stereocenters. The van der Waals surface area contributed by atoms with Crippen LogP contribution in [0.3, 0.4) is 0 Å². The number of hydrogen-bond donors (Lipinski definition) is 0. The largest absolute Gasteiger partial charge is 0.321 e. The molecule has 1 aromatic carbocycles. The third-order valence-corrected chi connectivity index (χ3v) is 5.10. The van der Waals surface area contributed by atoms with Gasteiger partial charge in [-0.2, -0.15) is 0 Å². The van der Waals surface area contributed by atoms with Crippen LogP contribution in [0.4, 0.5) is 4.39 Å². The Morgan fingerprint density at radius 2 is 2.05 bits per heavy atom. The molecule has 1 fully saturated rings. The van der Waals surface area contributed by atoms with Crippen molar-refractivity contribution in [1.82, 2.24) is 9.55 Å². The molecule has 2 nitrogen and oxygen atoms in total. The van der Waals surface area contributed by atoms with Crippen LogP contribution in [0.15, 0.2) is 16.6 Å². The molecule has 0 bridgehead atoms. The van der Waals surface area contributed by atoms with Gasteiger partial charge < -0.3 is 4.57 Å². The monoisotopic (exact) mass is 358 g/mol. The van der Waals surface area contributed by atoms with Gasteiger partial charge >= 0.3 is 0 Å². The normalized spacial score (nSPS) is 19.6. The number of nitrogens with zero attached hydrogens (tertiary/aromatic N) is 2. The SMILES string of the molecule is CC(Cl)c1nc2cc(F)c(Br)cc2n1C1(C)CCCC1. The maximum absolute atomic E-state index is 13.7. The third-order valence-electron chi connectivity index (χ3n) is 4.30. The summed E-state index contributed by atoms with van der Waals surface area (Å²) >= 11 is 9.58. The fourth-order valence-corrected chi connectivity index (χ4v) is 3.76. The zero-order valence-electron chi connectivity index (χ0n) is 11.6. The molecular formula is C15H17BrClFN2. The van der Waals surface area contributed by atoms with Gasteiger partial charge in [-0.25, -0.2) is 9.37 Å². The number of fused-ring (bicyclic) bond motifs is 1. The summed E-state index contributed by atoms with van der Waals surface area (Å²) in [5.41, 5.74) is 1.68. The van der Waals surface area contributed by atoms with E-state index < -0.39 is 0 Å². The lowest BCUT2D eigenvalue weighted by atomic mass is 9.99. The number of halogens is 3. The molecule has 1 unspecified atom stereocenters. The summed E-state index contributed by atoms with van der Waals surface area (Å²) in [5.74, 6) is 0.552. The smallest absolute Gasteiger partial charge is 0.139 e. The Kier molecular flexibility index (Phi) is 3.57. The van der Waals surface area contributed by atoms with Crippen LogP contribution < -0.4 is 0 Å². The fraction of sp³-hybridized carbons (Fsp3) is 0.533. The minimum atomic E-state index is -0.285. The van der Waals surface area contributed by atoms with E-state index in [1.165, 1.54) is 18.9 Å². The van der Waals surface area contributed by atoms with Gasteiger partial charge in [0.05, 0.1) is 20.9 Å². The van der Waals surface area contributed by atoms with Crippen molar-refractivity contribution < 1.29 is 4.39 Å². The average Bonchev–Trinajstić information content (AvgIpc) is 2.95. The first-order chi connectivity index (χ1) is 9.42. The molecule has 1 aliphatic rings. The quantitative estimate of drug-likeness (QED) is 0.645. The van der Waals surface area contributed by atoms with E-state index in [-0.39, 0.29) is 16.7 Å². The van der Waals surface area contributed by atoms with Gasteiger partial charge in [0.25, 0.3) is 0 Å². The highest BCUT2D eigenvalue weighted by Gasteiger charge is 2.35. The second-order valence-electron chi connectivity index (χ2n) is 5.88. The minimum Gasteiger partial charge on any atom is -0.321 e. The molecule has 2 aromatic rings. The molecule has 1 heterocycles. The van der Waals surface area contributed by atoms with Crippen LogP contribution >= 0.6 is 27.5 Å². The molecular weight excluding hydrogens is 343 g/mol. The van der Waals surface area contributed by atoms with Gasteiger partial charge in [-0.05, 0) is 48.7 Å². The summed E-state index contributed by atoms with van der Waals surface area (Å²) in [6, 6.07) is 3.31. The van der Waals surface area contributed by atoms with E-state index in [0.29, 0.717) is 9.99 Å². The number of aromatic nitrogens is 2. The first-order valence-electron chi connectivity index (χ1n) is 6.94. The highest BCUT2D eigenvalue weighted by molar-refractivity contribution is 9.10. The molecule has 1 saturated carbocycles. The minimum absolute atomic E-state index is 0.0322. The predicted octanol–water partition coefficient (Wildman–Crippen LogP) is 5.53. The summed E-state index contributed by atoms with van der Waals surface area (Å²) in [6.07, 6.45) is 4.66. The lowest BCUT2D eigenvalue weighted by molar-refractivity contribution is 0.328. The van der Waals surface area contributed by atoms with Gasteiger partial charge in [-0.3, -0.25) is 0 Å². The molecule has 1 aromatic heterocycles. The molecule has 20 heavy (non-hydrogen) atoms. The molecule has 0 spiro atoms. The van der Waals surface area contributed by atoms with Gasteiger partial charge in [0.15, 0.2) is 0 Å². The highest BCUT2D eigenvalue weighted by Crippen LogP contribution is 2.41.